The van der Waals surface area contributed by atoms with E-state index in [1.165, 1.54) is 4.31 Å². The number of hydrogen-bond donors (Lipinski definition) is 1. The van der Waals surface area contributed by atoms with E-state index < -0.39 is 10.0 Å². The van der Waals surface area contributed by atoms with E-state index in [1.54, 1.807) is 24.3 Å². The summed E-state index contributed by atoms with van der Waals surface area (Å²) < 4.78 is 25.9. The van der Waals surface area contributed by atoms with Crippen molar-refractivity contribution in [1.82, 2.24) is 4.31 Å². The molecule has 0 aromatic heterocycles. The van der Waals surface area contributed by atoms with Crippen molar-refractivity contribution >= 4 is 10.0 Å². The van der Waals surface area contributed by atoms with Crippen LogP contribution in [-0.2, 0) is 15.8 Å². The Labute approximate surface area is 113 Å². The molecule has 1 aromatic rings. The zero-order chi connectivity index (χ0) is 13.9. The minimum atomic E-state index is -3.40. The lowest BCUT2D eigenvalue weighted by molar-refractivity contribution is 0.213. The second-order valence-electron chi connectivity index (χ2n) is 4.65. The van der Waals surface area contributed by atoms with Crippen LogP contribution in [0.1, 0.15) is 24.0 Å². The molecule has 102 valence electrons. The van der Waals surface area contributed by atoms with Crippen molar-refractivity contribution in [3.8, 4) is 6.07 Å². The average Bonchev–Trinajstić information content (AvgIpc) is 2.88. The largest absolute Gasteiger partial charge is 0.395 e. The Bertz CT molecular complexity index is 575. The van der Waals surface area contributed by atoms with E-state index in [2.05, 4.69) is 0 Å². The molecule has 6 heteroatoms. The quantitative estimate of drug-likeness (QED) is 0.886. The molecule has 1 saturated heterocycles. The van der Waals surface area contributed by atoms with Crippen LogP contribution in [-0.4, -0.2) is 37.0 Å². The molecule has 1 N–H and O–H groups in total. The molecule has 1 aliphatic rings. The molecule has 1 fully saturated rings. The van der Waals surface area contributed by atoms with Crippen LogP contribution < -0.4 is 0 Å². The highest BCUT2D eigenvalue weighted by Crippen LogP contribution is 2.23. The Kier molecular flexibility index (Phi) is 4.20. The molecule has 1 unspecified atom stereocenters. The second kappa shape index (κ2) is 5.70. The first-order valence-corrected chi connectivity index (χ1v) is 7.77. The van der Waals surface area contributed by atoms with E-state index in [-0.39, 0.29) is 18.4 Å². The smallest absolute Gasteiger partial charge is 0.218 e. The molecular formula is C13H16N2O3S. The van der Waals surface area contributed by atoms with Crippen molar-refractivity contribution < 1.29 is 13.5 Å². The van der Waals surface area contributed by atoms with Crippen molar-refractivity contribution in [2.75, 3.05) is 13.2 Å². The third-order valence-corrected chi connectivity index (χ3v) is 5.22. The van der Waals surface area contributed by atoms with E-state index in [1.807, 2.05) is 6.07 Å². The Balaban J connectivity index is 2.14. The van der Waals surface area contributed by atoms with Gasteiger partial charge in [-0.1, -0.05) is 12.1 Å². The summed E-state index contributed by atoms with van der Waals surface area (Å²) in [6, 6.07) is 8.23. The van der Waals surface area contributed by atoms with Crippen LogP contribution in [0.2, 0.25) is 0 Å². The molecule has 5 nitrogen and oxygen atoms in total. The van der Waals surface area contributed by atoms with Crippen LogP contribution in [0.25, 0.3) is 0 Å². The van der Waals surface area contributed by atoms with Gasteiger partial charge in [0.1, 0.15) is 0 Å². The zero-order valence-corrected chi connectivity index (χ0v) is 11.3. The normalized spacial score (nSPS) is 20.3. The fraction of sp³-hybridized carbons (Fsp3) is 0.462. The number of benzene rings is 1. The number of rotatable bonds is 4. The maximum Gasteiger partial charge on any atom is 0.218 e. The molecule has 1 atom stereocenters. The van der Waals surface area contributed by atoms with Gasteiger partial charge in [0.05, 0.1) is 24.0 Å². The molecule has 0 spiro atoms. The van der Waals surface area contributed by atoms with Crippen molar-refractivity contribution in [1.29, 1.82) is 5.26 Å². The van der Waals surface area contributed by atoms with Gasteiger partial charge in [0.15, 0.2) is 0 Å². The van der Waals surface area contributed by atoms with Gasteiger partial charge in [0, 0.05) is 12.6 Å². The maximum atomic E-state index is 12.3. The molecule has 2 rings (SSSR count). The van der Waals surface area contributed by atoms with Crippen LogP contribution in [0, 0.1) is 11.3 Å². The minimum Gasteiger partial charge on any atom is -0.395 e. The van der Waals surface area contributed by atoms with E-state index in [0.29, 0.717) is 24.1 Å². The van der Waals surface area contributed by atoms with E-state index >= 15 is 0 Å². The molecule has 0 saturated carbocycles. The summed E-state index contributed by atoms with van der Waals surface area (Å²) in [6.45, 7) is 0.344. The van der Waals surface area contributed by atoms with Gasteiger partial charge in [-0.25, -0.2) is 8.42 Å². The number of nitrogens with zero attached hydrogens (tertiary/aromatic N) is 2. The first-order chi connectivity index (χ1) is 9.06. The van der Waals surface area contributed by atoms with Crippen molar-refractivity contribution in [2.45, 2.75) is 24.6 Å². The highest BCUT2D eigenvalue weighted by molar-refractivity contribution is 7.88. The van der Waals surface area contributed by atoms with Crippen LogP contribution in [0.15, 0.2) is 24.3 Å². The summed E-state index contributed by atoms with van der Waals surface area (Å²) >= 11 is 0. The van der Waals surface area contributed by atoms with Gasteiger partial charge >= 0.3 is 0 Å². The van der Waals surface area contributed by atoms with Gasteiger partial charge in [-0.15, -0.1) is 0 Å². The Morgan fingerprint density at radius 3 is 2.63 bits per heavy atom. The monoisotopic (exact) mass is 280 g/mol. The summed E-state index contributed by atoms with van der Waals surface area (Å²) in [4.78, 5) is 0. The minimum absolute atomic E-state index is 0.0881. The van der Waals surface area contributed by atoms with Crippen LogP contribution in [0.3, 0.4) is 0 Å². The summed E-state index contributed by atoms with van der Waals surface area (Å²) in [5, 5.41) is 17.9. The van der Waals surface area contributed by atoms with Crippen LogP contribution >= 0.6 is 0 Å². The summed E-state index contributed by atoms with van der Waals surface area (Å²) in [6.07, 6.45) is 1.50. The predicted molar refractivity (Wildman–Crippen MR) is 70.6 cm³/mol. The number of aliphatic hydroxyl groups is 1. The number of sulfonamides is 1. The first kappa shape index (κ1) is 14.0. The number of nitriles is 1. The summed E-state index contributed by atoms with van der Waals surface area (Å²) in [5.74, 6) is -0.0881. The Morgan fingerprint density at radius 2 is 2.05 bits per heavy atom. The van der Waals surface area contributed by atoms with Crippen LogP contribution in [0.4, 0.5) is 0 Å². The number of aliphatic hydroxyl groups excluding tert-OH is 1. The molecule has 1 aromatic carbocycles. The topological polar surface area (TPSA) is 81.4 Å². The Morgan fingerprint density at radius 1 is 1.37 bits per heavy atom. The molecular weight excluding hydrogens is 264 g/mol. The highest BCUT2D eigenvalue weighted by Gasteiger charge is 2.33. The van der Waals surface area contributed by atoms with Crippen molar-refractivity contribution in [3.63, 3.8) is 0 Å². The third kappa shape index (κ3) is 3.13. The molecule has 0 amide bonds. The lowest BCUT2D eigenvalue weighted by atomic mass is 10.2. The molecule has 19 heavy (non-hydrogen) atoms. The SMILES string of the molecule is N#Cc1ccc(CS(=O)(=O)N2CCCC2CO)cc1. The molecule has 0 radical (unpaired) electrons. The number of hydrogen-bond acceptors (Lipinski definition) is 4. The first-order valence-electron chi connectivity index (χ1n) is 6.16. The molecule has 1 aliphatic heterocycles. The lowest BCUT2D eigenvalue weighted by Gasteiger charge is -2.22. The molecule has 1 heterocycles. The van der Waals surface area contributed by atoms with E-state index in [9.17, 15) is 13.5 Å². The summed E-state index contributed by atoms with van der Waals surface area (Å²) in [5.41, 5.74) is 1.16. The third-order valence-electron chi connectivity index (χ3n) is 3.32. The van der Waals surface area contributed by atoms with E-state index in [4.69, 9.17) is 5.26 Å². The van der Waals surface area contributed by atoms with Gasteiger partial charge in [0.25, 0.3) is 0 Å². The zero-order valence-electron chi connectivity index (χ0n) is 10.5. The lowest BCUT2D eigenvalue weighted by Crippen LogP contribution is -2.38. The fourth-order valence-electron chi connectivity index (χ4n) is 2.33. The Hall–Kier alpha value is -1.42. The molecule has 0 bridgehead atoms. The van der Waals surface area contributed by atoms with Gasteiger partial charge in [0.2, 0.25) is 10.0 Å². The van der Waals surface area contributed by atoms with Gasteiger partial charge in [-0.2, -0.15) is 9.57 Å². The second-order valence-corrected chi connectivity index (χ2v) is 6.58. The van der Waals surface area contributed by atoms with Crippen molar-refractivity contribution in [2.24, 2.45) is 0 Å². The summed E-state index contributed by atoms with van der Waals surface area (Å²) in [7, 11) is -3.40. The van der Waals surface area contributed by atoms with Crippen LogP contribution in [0.5, 0.6) is 0 Å². The average molecular weight is 280 g/mol. The van der Waals surface area contributed by atoms with Gasteiger partial charge in [-0.3, -0.25) is 0 Å². The standard InChI is InChI=1S/C13H16N2O3S/c14-8-11-3-5-12(6-4-11)10-19(17,18)15-7-1-2-13(15)9-16/h3-6,13,16H,1-2,7,9-10H2. The highest BCUT2D eigenvalue weighted by atomic mass is 32.2. The van der Waals surface area contributed by atoms with E-state index in [0.717, 1.165) is 6.42 Å². The fourth-order valence-corrected chi connectivity index (χ4v) is 4.14. The molecule has 0 aliphatic carbocycles. The van der Waals surface area contributed by atoms with Crippen molar-refractivity contribution in [3.05, 3.63) is 35.4 Å². The van der Waals surface area contributed by atoms with Gasteiger partial charge < -0.3 is 5.11 Å². The van der Waals surface area contributed by atoms with Gasteiger partial charge in [-0.05, 0) is 30.5 Å². The predicted octanol–water partition coefficient (Wildman–Crippen LogP) is 0.845. The maximum absolute atomic E-state index is 12.3.